The number of hydrogen-bond acceptors (Lipinski definition) is 2. The first-order valence-corrected chi connectivity index (χ1v) is 16.3. The Morgan fingerprint density at radius 1 is 0.560 bits per heavy atom. The third-order valence-corrected chi connectivity index (χ3v) is 8.98. The normalized spacial score (nSPS) is 16.6. The molecule has 0 aliphatic heterocycles. The van der Waals surface area contributed by atoms with E-state index in [0.29, 0.717) is 11.5 Å². The molecule has 0 amide bonds. The molecule has 1 rings (SSSR count). The van der Waals surface area contributed by atoms with Gasteiger partial charge in [0, 0.05) is 6.42 Å². The summed E-state index contributed by atoms with van der Waals surface area (Å²) in [6.07, 6.45) is -3.46. The zero-order chi connectivity index (χ0) is 39.0. The predicted octanol–water partition coefficient (Wildman–Crippen LogP) is 12.8. The van der Waals surface area contributed by atoms with E-state index in [0.717, 1.165) is 25.2 Å². The van der Waals surface area contributed by atoms with Crippen LogP contribution in [-0.4, -0.2) is 54.4 Å². The van der Waals surface area contributed by atoms with Gasteiger partial charge in [0.25, 0.3) is 0 Å². The van der Waals surface area contributed by atoms with Gasteiger partial charge in [0.15, 0.2) is 0 Å². The minimum absolute atomic E-state index is 0.0330. The highest BCUT2D eigenvalue weighted by Gasteiger charge is 2.93. The van der Waals surface area contributed by atoms with Gasteiger partial charge in [-0.25, -0.2) is 0 Å². The van der Waals surface area contributed by atoms with Gasteiger partial charge in [-0.2, -0.15) is 65.9 Å². The fourth-order valence-electron chi connectivity index (χ4n) is 4.90. The summed E-state index contributed by atoms with van der Waals surface area (Å²) in [7, 11) is 0. The summed E-state index contributed by atoms with van der Waals surface area (Å²) < 4.78 is 211. The molecule has 0 spiro atoms. The monoisotopic (exact) mass is 758 g/mol. The highest BCUT2D eigenvalue weighted by molar-refractivity contribution is 5.27. The second-order valence-electron chi connectivity index (χ2n) is 13.1. The van der Waals surface area contributed by atoms with Crippen molar-refractivity contribution in [3.05, 3.63) is 29.8 Å². The lowest BCUT2D eigenvalue weighted by Gasteiger charge is -2.41. The highest BCUT2D eigenvalue weighted by atomic mass is 19.4. The molecule has 294 valence electrons. The minimum Gasteiger partial charge on any atom is -0.494 e. The summed E-state index contributed by atoms with van der Waals surface area (Å²) in [5, 5.41) is 0. The second kappa shape index (κ2) is 17.6. The largest absolute Gasteiger partial charge is 0.494 e. The smallest absolute Gasteiger partial charge is 0.460 e. The summed E-state index contributed by atoms with van der Waals surface area (Å²) in [5.74, 6) is -44.8. The van der Waals surface area contributed by atoms with Crippen LogP contribution in [0.15, 0.2) is 24.3 Å². The third-order valence-electron chi connectivity index (χ3n) is 8.98. The maximum atomic E-state index is 14.0. The number of hydrogen-bond donors (Lipinski definition) is 0. The Balaban J connectivity index is 2.64. The summed E-state index contributed by atoms with van der Waals surface area (Å²) in [6.45, 7) is 9.96. The average molecular weight is 759 g/mol. The average Bonchev–Trinajstić information content (AvgIpc) is 3.01. The molecule has 0 aliphatic carbocycles. The van der Waals surface area contributed by atoms with Gasteiger partial charge in [0.05, 0.1) is 19.3 Å². The Morgan fingerprint density at radius 3 is 1.52 bits per heavy atom. The molecule has 4 atom stereocenters. The summed E-state index contributed by atoms with van der Waals surface area (Å²) in [5.41, 5.74) is 0.661. The molecule has 0 N–H and O–H groups in total. The molecule has 0 saturated carbocycles. The van der Waals surface area contributed by atoms with Gasteiger partial charge >= 0.3 is 41.7 Å². The van der Waals surface area contributed by atoms with Crippen LogP contribution in [0, 0.1) is 17.8 Å². The van der Waals surface area contributed by atoms with Crippen molar-refractivity contribution in [3.63, 3.8) is 0 Å². The molecule has 1 aromatic carbocycles. The molecule has 0 aromatic heterocycles. The van der Waals surface area contributed by atoms with Crippen LogP contribution in [0.1, 0.15) is 98.0 Å². The van der Waals surface area contributed by atoms with Gasteiger partial charge < -0.3 is 9.47 Å². The van der Waals surface area contributed by atoms with E-state index in [4.69, 9.17) is 9.47 Å². The maximum Gasteiger partial charge on any atom is 0.460 e. The topological polar surface area (TPSA) is 18.5 Å². The van der Waals surface area contributed by atoms with Crippen LogP contribution >= 0.6 is 0 Å². The number of alkyl halides is 15. The predicted molar refractivity (Wildman–Crippen MR) is 157 cm³/mol. The van der Waals surface area contributed by atoms with Crippen molar-refractivity contribution in [1.29, 1.82) is 0 Å². The van der Waals surface area contributed by atoms with E-state index in [1.54, 1.807) is 0 Å². The lowest BCUT2D eigenvalue weighted by molar-refractivity contribution is -0.452. The van der Waals surface area contributed by atoms with Crippen LogP contribution in [0.25, 0.3) is 0 Å². The Bertz CT molecular complexity index is 1140. The first-order valence-electron chi connectivity index (χ1n) is 16.3. The zero-order valence-corrected chi connectivity index (χ0v) is 28.4. The molecule has 0 saturated heterocycles. The number of halogens is 15. The lowest BCUT2D eigenvalue weighted by Crippen LogP contribution is -2.72. The van der Waals surface area contributed by atoms with E-state index in [1.165, 1.54) is 49.9 Å². The van der Waals surface area contributed by atoms with E-state index in [9.17, 15) is 65.9 Å². The van der Waals surface area contributed by atoms with Crippen LogP contribution < -0.4 is 4.74 Å². The van der Waals surface area contributed by atoms with Crippen molar-refractivity contribution < 1.29 is 75.3 Å². The molecule has 0 fully saturated rings. The van der Waals surface area contributed by atoms with Gasteiger partial charge in [-0.3, -0.25) is 0 Å². The minimum atomic E-state index is -8.28. The number of rotatable bonds is 23. The summed E-state index contributed by atoms with van der Waals surface area (Å²) in [6, 6.07) is 5.66. The first-order chi connectivity index (χ1) is 22.6. The van der Waals surface area contributed by atoms with Crippen LogP contribution in [-0.2, 0) is 11.3 Å². The quantitative estimate of drug-likeness (QED) is 0.0817. The van der Waals surface area contributed by atoms with E-state index < -0.39 is 61.2 Å². The molecule has 2 nitrogen and oxygen atoms in total. The molecule has 50 heavy (non-hydrogen) atoms. The standard InChI is InChI=1S/C33H45F15O2/c1-6-21(2)10-7-11-22(3)12-8-13-23(4)24(5)50-20-25-14-16-26(17-15-25)49-19-9-18-27(34,35)28(36,37)29(38,39)30(40,41)31(42,43)32(44,45)33(46,47)48/h14-17,21-24H,6-13,18-20H2,1-5H3/t21-,22+,23+,24-/m0/s1. The molecule has 1 aromatic rings. The molecule has 17 heteroatoms. The fraction of sp³-hybridized carbons (Fsp3) is 0.818. The van der Waals surface area contributed by atoms with Crippen LogP contribution in [0.3, 0.4) is 0 Å². The molecule has 0 aliphatic rings. The molecular formula is C33H45F15O2. The molecule has 0 heterocycles. The number of benzene rings is 1. The molecule has 0 bridgehead atoms. The Hall–Kier alpha value is -2.07. The maximum absolute atomic E-state index is 14.0. The van der Waals surface area contributed by atoms with Crippen LogP contribution in [0.4, 0.5) is 65.9 Å². The Kier molecular flexibility index (Phi) is 16.2. The SMILES string of the molecule is CC[C@H](C)CCC[C@@H](C)CCC[C@@H](C)[C@H](C)OCc1ccc(OCCCC(F)(F)C(F)(F)C(F)(F)C(F)(F)C(F)(F)C(F)(F)C(F)(F)F)cc1. The van der Waals surface area contributed by atoms with Crippen molar-refractivity contribution in [2.45, 2.75) is 147 Å². The number of ether oxygens (including phenoxy) is 2. The van der Waals surface area contributed by atoms with Crippen molar-refractivity contribution in [2.75, 3.05) is 6.61 Å². The van der Waals surface area contributed by atoms with Crippen molar-refractivity contribution in [2.24, 2.45) is 17.8 Å². The van der Waals surface area contributed by atoms with Gasteiger partial charge in [-0.15, -0.1) is 0 Å². The molecule has 0 unspecified atom stereocenters. The highest BCUT2D eigenvalue weighted by Crippen LogP contribution is 2.62. The van der Waals surface area contributed by atoms with Crippen molar-refractivity contribution >= 4 is 0 Å². The van der Waals surface area contributed by atoms with Crippen molar-refractivity contribution in [3.8, 4) is 5.75 Å². The van der Waals surface area contributed by atoms with E-state index >= 15 is 0 Å². The Labute approximate surface area is 282 Å². The fourth-order valence-corrected chi connectivity index (χ4v) is 4.90. The van der Waals surface area contributed by atoms with E-state index in [-0.39, 0.29) is 24.4 Å². The van der Waals surface area contributed by atoms with Gasteiger partial charge in [-0.1, -0.05) is 78.4 Å². The van der Waals surface area contributed by atoms with Crippen molar-refractivity contribution in [1.82, 2.24) is 0 Å². The zero-order valence-electron chi connectivity index (χ0n) is 28.4. The summed E-state index contributed by atoms with van der Waals surface area (Å²) >= 11 is 0. The van der Waals surface area contributed by atoms with E-state index in [2.05, 4.69) is 27.7 Å². The van der Waals surface area contributed by atoms with Crippen LogP contribution in [0.2, 0.25) is 0 Å². The van der Waals surface area contributed by atoms with Gasteiger partial charge in [0.2, 0.25) is 0 Å². The molecule has 0 radical (unpaired) electrons. The molecular weight excluding hydrogens is 713 g/mol. The second-order valence-corrected chi connectivity index (χ2v) is 13.1. The van der Waals surface area contributed by atoms with Gasteiger partial charge in [0.1, 0.15) is 5.75 Å². The first kappa shape index (κ1) is 46.0. The van der Waals surface area contributed by atoms with Gasteiger partial charge in [-0.05, 0) is 55.2 Å². The summed E-state index contributed by atoms with van der Waals surface area (Å²) in [4.78, 5) is 0. The third kappa shape index (κ3) is 10.7. The Morgan fingerprint density at radius 2 is 1.02 bits per heavy atom. The van der Waals surface area contributed by atoms with E-state index in [1.807, 2.05) is 6.92 Å². The lowest BCUT2D eigenvalue weighted by atomic mass is 9.90. The van der Waals surface area contributed by atoms with Crippen LogP contribution in [0.5, 0.6) is 5.75 Å².